The molecule has 0 saturated carbocycles. The highest BCUT2D eigenvalue weighted by Crippen LogP contribution is 2.25. The van der Waals surface area contributed by atoms with Gasteiger partial charge in [-0.25, -0.2) is 0 Å². The van der Waals surface area contributed by atoms with Gasteiger partial charge in [0.05, 0.1) is 11.2 Å². The van der Waals surface area contributed by atoms with Gasteiger partial charge in [-0.05, 0) is 12.1 Å². The number of hydrogen-bond acceptors (Lipinski definition) is 4. The maximum Gasteiger partial charge on any atom is 0.523 e. The molecule has 0 bridgehead atoms. The fourth-order valence-corrected chi connectivity index (χ4v) is 1.80. The Morgan fingerprint density at radius 2 is 1.79 bits per heavy atom. The second-order valence-electron chi connectivity index (χ2n) is 3.66. The predicted molar refractivity (Wildman–Crippen MR) is 61.5 cm³/mol. The lowest BCUT2D eigenvalue weighted by atomic mass is 10.2. The van der Waals surface area contributed by atoms with Crippen molar-refractivity contribution in [1.29, 1.82) is 0 Å². The van der Waals surface area contributed by atoms with Gasteiger partial charge in [0, 0.05) is 5.39 Å². The van der Waals surface area contributed by atoms with Crippen LogP contribution in [-0.4, -0.2) is 18.9 Å². The number of nitrogens with zero attached hydrogens (tertiary/aromatic N) is 1. The molecule has 0 radical (unpaired) electrons. The summed E-state index contributed by atoms with van der Waals surface area (Å²) in [5.74, 6) is 0. The molecule has 0 atom stereocenters. The third-order valence-electron chi connectivity index (χ3n) is 2.30. The molecule has 0 fully saturated rings. The standard InChI is InChI=1S/C11H8F3NO3S/c12-11(13,14)19(16,17)18-7-9-6-5-8-3-1-2-4-10(8)15-9/h1-6H,7H2. The van der Waals surface area contributed by atoms with Gasteiger partial charge in [0.2, 0.25) is 0 Å². The number of alkyl halides is 3. The van der Waals surface area contributed by atoms with Gasteiger partial charge in [0.1, 0.15) is 6.61 Å². The van der Waals surface area contributed by atoms with E-state index in [1.54, 1.807) is 30.3 Å². The zero-order valence-electron chi connectivity index (χ0n) is 9.39. The first-order valence-electron chi connectivity index (χ1n) is 5.10. The first-order valence-corrected chi connectivity index (χ1v) is 6.51. The Balaban J connectivity index is 2.19. The number of halogens is 3. The van der Waals surface area contributed by atoms with Gasteiger partial charge in [0.25, 0.3) is 0 Å². The summed E-state index contributed by atoms with van der Waals surface area (Å²) < 4.78 is 61.5. The third-order valence-corrected chi connectivity index (χ3v) is 3.30. The van der Waals surface area contributed by atoms with Crippen molar-refractivity contribution in [1.82, 2.24) is 4.98 Å². The molecule has 2 aromatic rings. The Morgan fingerprint density at radius 3 is 2.47 bits per heavy atom. The molecule has 2 rings (SSSR count). The number of rotatable bonds is 3. The molecule has 0 N–H and O–H groups in total. The lowest BCUT2D eigenvalue weighted by molar-refractivity contribution is -0.0548. The molecule has 8 heteroatoms. The van der Waals surface area contributed by atoms with Crippen molar-refractivity contribution < 1.29 is 25.8 Å². The lowest BCUT2D eigenvalue weighted by Gasteiger charge is -2.08. The Hall–Kier alpha value is -1.67. The first-order chi connectivity index (χ1) is 8.79. The third kappa shape index (κ3) is 3.02. The fourth-order valence-electron chi connectivity index (χ4n) is 1.39. The normalized spacial score (nSPS) is 12.8. The zero-order chi connectivity index (χ0) is 14.1. The van der Waals surface area contributed by atoms with Gasteiger partial charge in [0.15, 0.2) is 0 Å². The van der Waals surface area contributed by atoms with E-state index in [2.05, 4.69) is 9.17 Å². The molecule has 1 aromatic carbocycles. The number of hydrogen-bond donors (Lipinski definition) is 0. The van der Waals surface area contributed by atoms with Crippen LogP contribution in [0, 0.1) is 0 Å². The molecule has 0 aliphatic rings. The summed E-state index contributed by atoms with van der Waals surface area (Å²) in [5.41, 5.74) is -4.77. The van der Waals surface area contributed by atoms with Crippen LogP contribution in [0.2, 0.25) is 0 Å². The van der Waals surface area contributed by atoms with E-state index in [1.807, 2.05) is 0 Å². The predicted octanol–water partition coefficient (Wildman–Crippen LogP) is 2.60. The Bertz CT molecular complexity index is 698. The van der Waals surface area contributed by atoms with Crippen LogP contribution in [-0.2, 0) is 20.9 Å². The minimum absolute atomic E-state index is 0.103. The monoisotopic (exact) mass is 291 g/mol. The molecule has 0 unspecified atom stereocenters. The molecule has 0 spiro atoms. The molecular formula is C11H8F3NO3S. The van der Waals surface area contributed by atoms with E-state index >= 15 is 0 Å². The van der Waals surface area contributed by atoms with Crippen molar-refractivity contribution >= 4 is 21.0 Å². The molecule has 102 valence electrons. The van der Waals surface area contributed by atoms with Crippen LogP contribution in [0.5, 0.6) is 0 Å². The maximum atomic E-state index is 12.1. The number of aromatic nitrogens is 1. The summed E-state index contributed by atoms with van der Waals surface area (Å²) in [6, 6.07) is 9.98. The quantitative estimate of drug-likeness (QED) is 0.644. The first kappa shape index (κ1) is 13.8. The second-order valence-corrected chi connectivity index (χ2v) is 5.26. The molecule has 1 aromatic heterocycles. The van der Waals surface area contributed by atoms with E-state index in [0.717, 1.165) is 5.39 Å². The van der Waals surface area contributed by atoms with Crippen LogP contribution in [0.3, 0.4) is 0 Å². The smallest absolute Gasteiger partial charge is 0.257 e. The minimum Gasteiger partial charge on any atom is -0.257 e. The fraction of sp³-hybridized carbons (Fsp3) is 0.182. The maximum absolute atomic E-state index is 12.1. The Morgan fingerprint density at radius 1 is 1.11 bits per heavy atom. The zero-order valence-corrected chi connectivity index (χ0v) is 10.2. The van der Waals surface area contributed by atoms with Crippen molar-refractivity contribution in [2.75, 3.05) is 0 Å². The van der Waals surface area contributed by atoms with Crippen molar-refractivity contribution in [3.63, 3.8) is 0 Å². The number of pyridine rings is 1. The Kier molecular flexibility index (Phi) is 3.46. The van der Waals surface area contributed by atoms with Gasteiger partial charge >= 0.3 is 15.6 Å². The van der Waals surface area contributed by atoms with Gasteiger partial charge in [-0.1, -0.05) is 24.3 Å². The molecule has 0 amide bonds. The second kappa shape index (κ2) is 4.78. The van der Waals surface area contributed by atoms with E-state index in [4.69, 9.17) is 0 Å². The van der Waals surface area contributed by atoms with Crippen LogP contribution >= 0.6 is 0 Å². The van der Waals surface area contributed by atoms with E-state index in [9.17, 15) is 21.6 Å². The molecule has 0 aliphatic heterocycles. The average molecular weight is 291 g/mol. The summed E-state index contributed by atoms with van der Waals surface area (Å²) in [6.07, 6.45) is 0. The topological polar surface area (TPSA) is 56.3 Å². The molecule has 1 heterocycles. The molecule has 4 nitrogen and oxygen atoms in total. The summed E-state index contributed by atoms with van der Waals surface area (Å²) in [6.45, 7) is -0.757. The van der Waals surface area contributed by atoms with E-state index in [0.29, 0.717) is 5.52 Å². The summed E-state index contributed by atoms with van der Waals surface area (Å²) in [7, 11) is -5.59. The van der Waals surface area contributed by atoms with Crippen LogP contribution in [0.15, 0.2) is 36.4 Å². The summed E-state index contributed by atoms with van der Waals surface area (Å²) >= 11 is 0. The minimum atomic E-state index is -5.59. The van der Waals surface area contributed by atoms with Crippen LogP contribution in [0.1, 0.15) is 5.69 Å². The van der Waals surface area contributed by atoms with Crippen LogP contribution in [0.4, 0.5) is 13.2 Å². The van der Waals surface area contributed by atoms with Gasteiger partial charge in [-0.2, -0.15) is 21.6 Å². The van der Waals surface area contributed by atoms with Gasteiger partial charge < -0.3 is 0 Å². The SMILES string of the molecule is O=S(=O)(OCc1ccc2ccccc2n1)C(F)(F)F. The highest BCUT2D eigenvalue weighted by molar-refractivity contribution is 7.87. The van der Waals surface area contributed by atoms with Crippen molar-refractivity contribution in [3.8, 4) is 0 Å². The lowest BCUT2D eigenvalue weighted by Crippen LogP contribution is -2.25. The average Bonchev–Trinajstić information content (AvgIpc) is 2.35. The highest BCUT2D eigenvalue weighted by atomic mass is 32.2. The van der Waals surface area contributed by atoms with Crippen molar-refractivity contribution in [2.24, 2.45) is 0 Å². The summed E-state index contributed by atoms with van der Waals surface area (Å²) in [5, 5.41) is 0.796. The van der Waals surface area contributed by atoms with Gasteiger partial charge in [-0.15, -0.1) is 0 Å². The largest absolute Gasteiger partial charge is 0.523 e. The number of para-hydroxylation sites is 1. The molecular weight excluding hydrogens is 283 g/mol. The number of benzene rings is 1. The van der Waals surface area contributed by atoms with Crippen LogP contribution < -0.4 is 0 Å². The van der Waals surface area contributed by atoms with E-state index in [1.165, 1.54) is 6.07 Å². The van der Waals surface area contributed by atoms with Crippen molar-refractivity contribution in [2.45, 2.75) is 12.1 Å². The van der Waals surface area contributed by atoms with E-state index in [-0.39, 0.29) is 5.69 Å². The van der Waals surface area contributed by atoms with E-state index < -0.39 is 22.2 Å². The molecule has 0 saturated heterocycles. The highest BCUT2D eigenvalue weighted by Gasteiger charge is 2.47. The molecule has 19 heavy (non-hydrogen) atoms. The summed E-state index contributed by atoms with van der Waals surface area (Å²) in [4.78, 5) is 4.00. The molecule has 0 aliphatic carbocycles. The van der Waals surface area contributed by atoms with Crippen molar-refractivity contribution in [3.05, 3.63) is 42.1 Å². The van der Waals surface area contributed by atoms with Gasteiger partial charge in [-0.3, -0.25) is 9.17 Å². The van der Waals surface area contributed by atoms with Crippen LogP contribution in [0.25, 0.3) is 10.9 Å². The number of fused-ring (bicyclic) bond motifs is 1. The Labute approximate surface area is 107 Å².